The maximum Gasteiger partial charge on any atom is 0.131 e. The minimum absolute atomic E-state index is 0.660. The molecule has 102 valence electrons. The van der Waals surface area contributed by atoms with Crippen LogP contribution in [0, 0.1) is 19.8 Å². The van der Waals surface area contributed by atoms with Gasteiger partial charge in [-0.1, -0.05) is 13.8 Å². The van der Waals surface area contributed by atoms with Crippen molar-refractivity contribution in [3.63, 3.8) is 0 Å². The molecule has 0 amide bonds. The van der Waals surface area contributed by atoms with Gasteiger partial charge in [-0.05, 0) is 26.3 Å². The van der Waals surface area contributed by atoms with Crippen molar-refractivity contribution < 1.29 is 4.74 Å². The van der Waals surface area contributed by atoms with Gasteiger partial charge in [-0.25, -0.2) is 9.97 Å². The Morgan fingerprint density at radius 2 is 1.78 bits per heavy atom. The molecule has 0 unspecified atom stereocenters. The molecule has 0 bridgehead atoms. The Balaban J connectivity index is 2.68. The summed E-state index contributed by atoms with van der Waals surface area (Å²) < 4.78 is 5.05. The van der Waals surface area contributed by atoms with E-state index in [0.717, 1.165) is 36.7 Å². The average Bonchev–Trinajstić information content (AvgIpc) is 2.29. The quantitative estimate of drug-likeness (QED) is 0.805. The number of nitrogens with zero attached hydrogens (tertiary/aromatic N) is 2. The molecule has 1 heterocycles. The summed E-state index contributed by atoms with van der Waals surface area (Å²) in [6.07, 6.45) is 0.776. The Hall–Kier alpha value is -1.00. The van der Waals surface area contributed by atoms with E-state index < -0.39 is 0 Å². The molecule has 1 rings (SSSR count). The number of methoxy groups -OCH3 is 1. The average molecular weight is 251 g/mol. The SMILES string of the molecule is COCCc1nc(C)c(CNCC(C)C)c(C)n1. The second-order valence-corrected chi connectivity index (χ2v) is 5.06. The molecule has 4 heteroatoms. The second-order valence-electron chi connectivity index (χ2n) is 5.06. The molecule has 0 aliphatic rings. The third-order valence-electron chi connectivity index (χ3n) is 2.85. The lowest BCUT2D eigenvalue weighted by Crippen LogP contribution is -2.21. The predicted octanol–water partition coefficient (Wildman–Crippen LogP) is 2.03. The highest BCUT2D eigenvalue weighted by Crippen LogP contribution is 2.10. The van der Waals surface area contributed by atoms with Crippen molar-refractivity contribution in [3.8, 4) is 0 Å². The molecule has 1 aromatic rings. The van der Waals surface area contributed by atoms with Crippen LogP contribution in [-0.2, 0) is 17.7 Å². The van der Waals surface area contributed by atoms with Crippen LogP contribution in [0.25, 0.3) is 0 Å². The first-order valence-electron chi connectivity index (χ1n) is 6.57. The van der Waals surface area contributed by atoms with Gasteiger partial charge in [0.2, 0.25) is 0 Å². The standard InChI is InChI=1S/C14H25N3O/c1-10(2)8-15-9-13-11(3)16-14(6-7-18-5)17-12(13)4/h10,15H,6-9H2,1-5H3. The number of nitrogens with one attached hydrogen (secondary N) is 1. The highest BCUT2D eigenvalue weighted by Gasteiger charge is 2.08. The zero-order chi connectivity index (χ0) is 13.5. The zero-order valence-electron chi connectivity index (χ0n) is 12.2. The van der Waals surface area contributed by atoms with Crippen molar-refractivity contribution in [1.82, 2.24) is 15.3 Å². The summed E-state index contributed by atoms with van der Waals surface area (Å²) >= 11 is 0. The summed E-state index contributed by atoms with van der Waals surface area (Å²) in [5.41, 5.74) is 3.37. The summed E-state index contributed by atoms with van der Waals surface area (Å²) in [5, 5.41) is 3.44. The van der Waals surface area contributed by atoms with E-state index in [4.69, 9.17) is 4.74 Å². The van der Waals surface area contributed by atoms with Crippen molar-refractivity contribution in [2.75, 3.05) is 20.3 Å². The van der Waals surface area contributed by atoms with Crippen molar-refractivity contribution >= 4 is 0 Å². The van der Waals surface area contributed by atoms with E-state index in [-0.39, 0.29) is 0 Å². The van der Waals surface area contributed by atoms with Gasteiger partial charge >= 0.3 is 0 Å². The predicted molar refractivity (Wildman–Crippen MR) is 73.6 cm³/mol. The molecule has 0 aliphatic carbocycles. The highest BCUT2D eigenvalue weighted by atomic mass is 16.5. The molecule has 4 nitrogen and oxygen atoms in total. The molecule has 0 aromatic carbocycles. The molecule has 0 saturated heterocycles. The lowest BCUT2D eigenvalue weighted by molar-refractivity contribution is 0.200. The van der Waals surface area contributed by atoms with Gasteiger partial charge in [-0.15, -0.1) is 0 Å². The molecule has 1 N–H and O–H groups in total. The summed E-state index contributed by atoms with van der Waals surface area (Å²) in [6.45, 7) is 11.1. The number of rotatable bonds is 7. The fraction of sp³-hybridized carbons (Fsp3) is 0.714. The Morgan fingerprint density at radius 1 is 1.17 bits per heavy atom. The third-order valence-corrected chi connectivity index (χ3v) is 2.85. The Labute approximate surface area is 110 Å². The van der Waals surface area contributed by atoms with Crippen LogP contribution in [0.2, 0.25) is 0 Å². The van der Waals surface area contributed by atoms with Gasteiger partial charge in [0.1, 0.15) is 5.82 Å². The summed E-state index contributed by atoms with van der Waals surface area (Å²) in [6, 6.07) is 0. The fourth-order valence-electron chi connectivity index (χ4n) is 1.86. The van der Waals surface area contributed by atoms with Gasteiger partial charge in [0.15, 0.2) is 0 Å². The van der Waals surface area contributed by atoms with Crippen LogP contribution in [0.5, 0.6) is 0 Å². The molecule has 0 fully saturated rings. The van der Waals surface area contributed by atoms with Crippen molar-refractivity contribution in [1.29, 1.82) is 0 Å². The maximum absolute atomic E-state index is 5.05. The van der Waals surface area contributed by atoms with Crippen LogP contribution in [0.1, 0.15) is 36.6 Å². The lowest BCUT2D eigenvalue weighted by atomic mass is 10.1. The minimum atomic E-state index is 0.660. The van der Waals surface area contributed by atoms with E-state index >= 15 is 0 Å². The minimum Gasteiger partial charge on any atom is -0.384 e. The van der Waals surface area contributed by atoms with Crippen molar-refractivity contribution in [3.05, 3.63) is 22.8 Å². The van der Waals surface area contributed by atoms with E-state index in [1.165, 1.54) is 5.56 Å². The number of hydrogen-bond acceptors (Lipinski definition) is 4. The fourth-order valence-corrected chi connectivity index (χ4v) is 1.86. The van der Waals surface area contributed by atoms with Gasteiger partial charge in [0, 0.05) is 37.0 Å². The van der Waals surface area contributed by atoms with Crippen LogP contribution in [0.4, 0.5) is 0 Å². The molecule has 0 atom stereocenters. The van der Waals surface area contributed by atoms with Crippen molar-refractivity contribution in [2.24, 2.45) is 5.92 Å². The van der Waals surface area contributed by atoms with Gasteiger partial charge in [-0.2, -0.15) is 0 Å². The van der Waals surface area contributed by atoms with E-state index in [1.54, 1.807) is 7.11 Å². The molecule has 0 saturated carbocycles. The van der Waals surface area contributed by atoms with Crippen LogP contribution < -0.4 is 5.32 Å². The summed E-state index contributed by atoms with van der Waals surface area (Å²) in [5.74, 6) is 1.53. The first-order valence-corrected chi connectivity index (χ1v) is 6.57. The monoisotopic (exact) mass is 251 g/mol. The van der Waals surface area contributed by atoms with Crippen LogP contribution in [0.3, 0.4) is 0 Å². The van der Waals surface area contributed by atoms with E-state index in [0.29, 0.717) is 12.5 Å². The second kappa shape index (κ2) is 7.44. The number of aromatic nitrogens is 2. The van der Waals surface area contributed by atoms with Gasteiger partial charge in [0.05, 0.1) is 6.61 Å². The van der Waals surface area contributed by atoms with Crippen LogP contribution in [0.15, 0.2) is 0 Å². The number of aryl methyl sites for hydroxylation is 2. The van der Waals surface area contributed by atoms with E-state index in [9.17, 15) is 0 Å². The number of hydrogen-bond donors (Lipinski definition) is 1. The summed E-state index contributed by atoms with van der Waals surface area (Å²) in [4.78, 5) is 9.08. The third kappa shape index (κ3) is 4.70. The number of ether oxygens (including phenoxy) is 1. The Kier molecular flexibility index (Phi) is 6.22. The lowest BCUT2D eigenvalue weighted by Gasteiger charge is -2.12. The largest absolute Gasteiger partial charge is 0.384 e. The molecule has 0 aliphatic heterocycles. The van der Waals surface area contributed by atoms with Gasteiger partial charge in [-0.3, -0.25) is 0 Å². The molecule has 18 heavy (non-hydrogen) atoms. The molecule has 1 aromatic heterocycles. The molecular formula is C14H25N3O. The molecule has 0 radical (unpaired) electrons. The van der Waals surface area contributed by atoms with Gasteiger partial charge in [0.25, 0.3) is 0 Å². The van der Waals surface area contributed by atoms with E-state index in [1.807, 2.05) is 0 Å². The first kappa shape index (κ1) is 15.1. The normalized spacial score (nSPS) is 11.2. The first-order chi connectivity index (χ1) is 8.54. The Bertz CT molecular complexity index is 354. The zero-order valence-corrected chi connectivity index (χ0v) is 12.2. The van der Waals surface area contributed by atoms with E-state index in [2.05, 4.69) is 43.0 Å². The molecule has 0 spiro atoms. The summed E-state index contributed by atoms with van der Waals surface area (Å²) in [7, 11) is 1.70. The molecular weight excluding hydrogens is 226 g/mol. The maximum atomic E-state index is 5.05. The van der Waals surface area contributed by atoms with Crippen LogP contribution in [-0.4, -0.2) is 30.2 Å². The highest BCUT2D eigenvalue weighted by molar-refractivity contribution is 5.24. The van der Waals surface area contributed by atoms with Crippen LogP contribution >= 0.6 is 0 Å². The Morgan fingerprint density at radius 3 is 2.28 bits per heavy atom. The van der Waals surface area contributed by atoms with Crippen molar-refractivity contribution in [2.45, 2.75) is 40.7 Å². The van der Waals surface area contributed by atoms with Gasteiger partial charge < -0.3 is 10.1 Å². The smallest absolute Gasteiger partial charge is 0.131 e. The topological polar surface area (TPSA) is 47.0 Å².